The van der Waals surface area contributed by atoms with Crippen LogP contribution in [0.1, 0.15) is 12.8 Å². The summed E-state index contributed by atoms with van der Waals surface area (Å²) in [5.74, 6) is -1.03. The lowest BCUT2D eigenvalue weighted by Crippen LogP contribution is -2.49. The molecule has 1 aromatic carbocycles. The molecule has 12 heteroatoms. The van der Waals surface area contributed by atoms with Crippen LogP contribution in [0.15, 0.2) is 27.1 Å². The molecule has 0 heterocycles. The standard InChI is InChI=1S/C16H19Br2N3O6S/c1-25-6-7-26-15(24)5-4-13(22)19-16(28)21-20-14(23)9-27-12-3-2-10(17)8-11(12)18/h2-3,8H,4-7,9H2,1H3,(H,20,23)(H2,19,21,22,28). The highest BCUT2D eigenvalue weighted by Gasteiger charge is 2.11. The van der Waals surface area contributed by atoms with Gasteiger partial charge in [-0.1, -0.05) is 15.9 Å². The Morgan fingerprint density at radius 3 is 2.50 bits per heavy atom. The molecule has 0 unspecified atom stereocenters. The average Bonchev–Trinajstić information content (AvgIpc) is 2.64. The van der Waals surface area contributed by atoms with E-state index in [1.807, 2.05) is 0 Å². The molecule has 0 aromatic heterocycles. The van der Waals surface area contributed by atoms with Gasteiger partial charge < -0.3 is 19.5 Å². The van der Waals surface area contributed by atoms with E-state index in [1.54, 1.807) is 18.2 Å². The topological polar surface area (TPSA) is 115 Å². The van der Waals surface area contributed by atoms with Gasteiger partial charge in [0.2, 0.25) is 5.91 Å². The van der Waals surface area contributed by atoms with Gasteiger partial charge in [-0.05, 0) is 46.3 Å². The number of amides is 2. The fourth-order valence-corrected chi connectivity index (χ4v) is 2.97. The molecule has 0 aliphatic heterocycles. The summed E-state index contributed by atoms with van der Waals surface area (Å²) in [5.41, 5.74) is 4.66. The van der Waals surface area contributed by atoms with Crippen molar-refractivity contribution in [3.63, 3.8) is 0 Å². The number of hydrogen-bond acceptors (Lipinski definition) is 7. The second kappa shape index (κ2) is 13.4. The van der Waals surface area contributed by atoms with Gasteiger partial charge in [0, 0.05) is 18.0 Å². The number of ether oxygens (including phenoxy) is 3. The van der Waals surface area contributed by atoms with Gasteiger partial charge in [0.15, 0.2) is 11.7 Å². The third-order valence-corrected chi connectivity index (χ3v) is 4.24. The maximum atomic E-state index is 11.8. The number of benzene rings is 1. The minimum absolute atomic E-state index is 0.0968. The molecule has 9 nitrogen and oxygen atoms in total. The van der Waals surface area contributed by atoms with Gasteiger partial charge in [0.25, 0.3) is 5.91 Å². The Kier molecular flexibility index (Phi) is 11.6. The van der Waals surface area contributed by atoms with Crippen LogP contribution in [-0.2, 0) is 23.9 Å². The summed E-state index contributed by atoms with van der Waals surface area (Å²) < 4.78 is 16.5. The first-order valence-corrected chi connectivity index (χ1v) is 9.92. The zero-order valence-corrected chi connectivity index (χ0v) is 18.9. The predicted molar refractivity (Wildman–Crippen MR) is 111 cm³/mol. The predicted octanol–water partition coefficient (Wildman–Crippen LogP) is 1.58. The molecule has 0 saturated carbocycles. The fourth-order valence-electron chi connectivity index (χ4n) is 1.65. The molecule has 0 radical (unpaired) electrons. The van der Waals surface area contributed by atoms with Crippen LogP contribution < -0.4 is 20.9 Å². The van der Waals surface area contributed by atoms with E-state index in [1.165, 1.54) is 7.11 Å². The molecule has 154 valence electrons. The zero-order valence-electron chi connectivity index (χ0n) is 14.9. The number of thiocarbonyl (C=S) groups is 1. The third-order valence-electron chi connectivity index (χ3n) is 2.93. The summed E-state index contributed by atoms with van der Waals surface area (Å²) >= 11 is 11.5. The second-order valence-corrected chi connectivity index (χ2v) is 7.31. The van der Waals surface area contributed by atoms with Gasteiger partial charge in [0.1, 0.15) is 12.4 Å². The molecule has 0 atom stereocenters. The molecular formula is C16H19Br2N3O6S. The molecule has 0 saturated heterocycles. The Labute approximate surface area is 184 Å². The molecule has 0 aliphatic carbocycles. The van der Waals surface area contributed by atoms with E-state index in [9.17, 15) is 14.4 Å². The normalized spacial score (nSPS) is 9.96. The first-order valence-electron chi connectivity index (χ1n) is 7.93. The summed E-state index contributed by atoms with van der Waals surface area (Å²) in [4.78, 5) is 34.8. The Bertz CT molecular complexity index is 720. The van der Waals surface area contributed by atoms with Crippen LogP contribution in [0.2, 0.25) is 0 Å². The van der Waals surface area contributed by atoms with Crippen LogP contribution in [0, 0.1) is 0 Å². The van der Waals surface area contributed by atoms with Gasteiger partial charge in [0.05, 0.1) is 17.5 Å². The van der Waals surface area contributed by atoms with E-state index in [4.69, 9.17) is 26.4 Å². The minimum atomic E-state index is -0.518. The van der Waals surface area contributed by atoms with Crippen LogP contribution in [0.4, 0.5) is 0 Å². The van der Waals surface area contributed by atoms with Crippen LogP contribution in [0.25, 0.3) is 0 Å². The summed E-state index contributed by atoms with van der Waals surface area (Å²) in [6, 6.07) is 5.25. The minimum Gasteiger partial charge on any atom is -0.483 e. The Hall–Kier alpha value is -1.76. The Morgan fingerprint density at radius 1 is 1.07 bits per heavy atom. The first kappa shape index (κ1) is 24.3. The van der Waals surface area contributed by atoms with Crippen molar-refractivity contribution < 1.29 is 28.6 Å². The van der Waals surface area contributed by atoms with E-state index >= 15 is 0 Å². The van der Waals surface area contributed by atoms with Crippen molar-refractivity contribution >= 4 is 67.0 Å². The number of carbonyl (C=O) groups is 3. The van der Waals surface area contributed by atoms with Gasteiger partial charge in [-0.15, -0.1) is 0 Å². The lowest BCUT2D eigenvalue weighted by Gasteiger charge is -2.12. The van der Waals surface area contributed by atoms with Crippen molar-refractivity contribution in [3.8, 4) is 5.75 Å². The van der Waals surface area contributed by atoms with E-state index in [0.717, 1.165) is 4.47 Å². The number of hydrogen-bond donors (Lipinski definition) is 3. The summed E-state index contributed by atoms with van der Waals surface area (Å²) in [6.07, 6.45) is -0.206. The van der Waals surface area contributed by atoms with Crippen molar-refractivity contribution in [3.05, 3.63) is 27.1 Å². The molecular weight excluding hydrogens is 522 g/mol. The number of halogens is 2. The maximum absolute atomic E-state index is 11.8. The molecule has 1 aromatic rings. The fraction of sp³-hybridized carbons (Fsp3) is 0.375. The van der Waals surface area contributed by atoms with Crippen LogP contribution in [0.5, 0.6) is 5.75 Å². The molecule has 0 spiro atoms. The van der Waals surface area contributed by atoms with Crippen molar-refractivity contribution in [2.45, 2.75) is 12.8 Å². The van der Waals surface area contributed by atoms with Crippen molar-refractivity contribution in [1.82, 2.24) is 16.2 Å². The lowest BCUT2D eigenvalue weighted by atomic mass is 10.3. The molecule has 1 rings (SSSR count). The third kappa shape index (κ3) is 10.5. The number of methoxy groups -OCH3 is 1. The molecule has 2 amide bonds. The zero-order chi connectivity index (χ0) is 20.9. The molecule has 0 aliphatic rings. The van der Waals surface area contributed by atoms with Crippen molar-refractivity contribution in [1.29, 1.82) is 0 Å². The smallest absolute Gasteiger partial charge is 0.306 e. The first-order chi connectivity index (χ1) is 13.3. The number of nitrogens with one attached hydrogen (secondary N) is 3. The monoisotopic (exact) mass is 539 g/mol. The summed E-state index contributed by atoms with van der Waals surface area (Å²) in [6.45, 7) is 0.146. The number of hydrazine groups is 1. The summed E-state index contributed by atoms with van der Waals surface area (Å²) in [5, 5.41) is 2.21. The Morgan fingerprint density at radius 2 is 1.82 bits per heavy atom. The van der Waals surface area contributed by atoms with E-state index in [-0.39, 0.29) is 37.8 Å². The SMILES string of the molecule is COCCOC(=O)CCC(=O)NC(=S)NNC(=O)COc1ccc(Br)cc1Br. The van der Waals surface area contributed by atoms with Gasteiger partial charge in [-0.2, -0.15) is 0 Å². The Balaban J connectivity index is 2.21. The number of rotatable bonds is 9. The lowest BCUT2D eigenvalue weighted by molar-refractivity contribution is -0.146. The van der Waals surface area contributed by atoms with Crippen molar-refractivity contribution in [2.75, 3.05) is 26.9 Å². The van der Waals surface area contributed by atoms with Crippen LogP contribution in [0.3, 0.4) is 0 Å². The highest BCUT2D eigenvalue weighted by Crippen LogP contribution is 2.27. The molecule has 0 fully saturated rings. The largest absolute Gasteiger partial charge is 0.483 e. The molecule has 3 N–H and O–H groups in total. The molecule has 0 bridgehead atoms. The number of esters is 1. The summed E-state index contributed by atoms with van der Waals surface area (Å²) in [7, 11) is 1.49. The van der Waals surface area contributed by atoms with Gasteiger partial charge >= 0.3 is 5.97 Å². The highest BCUT2D eigenvalue weighted by molar-refractivity contribution is 9.11. The van der Waals surface area contributed by atoms with E-state index < -0.39 is 17.8 Å². The molecule has 28 heavy (non-hydrogen) atoms. The highest BCUT2D eigenvalue weighted by atomic mass is 79.9. The number of carbonyl (C=O) groups excluding carboxylic acids is 3. The van der Waals surface area contributed by atoms with E-state index in [2.05, 4.69) is 48.0 Å². The van der Waals surface area contributed by atoms with Crippen LogP contribution >= 0.6 is 44.1 Å². The maximum Gasteiger partial charge on any atom is 0.306 e. The van der Waals surface area contributed by atoms with Crippen molar-refractivity contribution in [2.24, 2.45) is 0 Å². The quantitative estimate of drug-likeness (QED) is 0.187. The van der Waals surface area contributed by atoms with Gasteiger partial charge in [-0.3, -0.25) is 25.2 Å². The van der Waals surface area contributed by atoms with Gasteiger partial charge in [-0.25, -0.2) is 0 Å². The average molecular weight is 541 g/mol. The van der Waals surface area contributed by atoms with Crippen LogP contribution in [-0.4, -0.2) is 49.8 Å². The second-order valence-electron chi connectivity index (χ2n) is 5.13. The van der Waals surface area contributed by atoms with E-state index in [0.29, 0.717) is 10.2 Å².